The molecule has 1 heterocycles. The van der Waals surface area contributed by atoms with E-state index in [-0.39, 0.29) is 18.2 Å². The molecule has 146 valence electrons. The SMILES string of the molecule is COc1ccc(N=C2SC(C(=O)Nc3ccc(I)cc3)CC(=O)N2C)cc1Cl. The predicted molar refractivity (Wildman–Crippen MR) is 122 cm³/mol. The Morgan fingerprint density at radius 1 is 1.32 bits per heavy atom. The first-order valence-corrected chi connectivity index (χ1v) is 10.6. The number of halogens is 2. The number of rotatable bonds is 4. The first-order valence-electron chi connectivity index (χ1n) is 8.29. The molecule has 3 rings (SSSR count). The number of amides is 2. The predicted octanol–water partition coefficient (Wildman–Crippen LogP) is 4.54. The summed E-state index contributed by atoms with van der Waals surface area (Å²) in [5.41, 5.74) is 1.27. The normalized spacial score (nSPS) is 18.3. The maximum atomic E-state index is 12.6. The molecule has 1 saturated heterocycles. The summed E-state index contributed by atoms with van der Waals surface area (Å²) < 4.78 is 6.21. The second kappa shape index (κ2) is 9.15. The molecule has 1 fully saturated rings. The third-order valence-electron chi connectivity index (χ3n) is 4.03. The van der Waals surface area contributed by atoms with Crippen LogP contribution in [-0.4, -0.2) is 41.3 Å². The van der Waals surface area contributed by atoms with Crippen molar-refractivity contribution in [3.63, 3.8) is 0 Å². The van der Waals surface area contributed by atoms with Crippen molar-refractivity contribution >= 4 is 74.3 Å². The Morgan fingerprint density at radius 3 is 2.68 bits per heavy atom. The van der Waals surface area contributed by atoms with E-state index in [2.05, 4.69) is 32.9 Å². The van der Waals surface area contributed by atoms with Gasteiger partial charge in [0.1, 0.15) is 11.0 Å². The van der Waals surface area contributed by atoms with E-state index < -0.39 is 5.25 Å². The molecular formula is C19H17ClIN3O3S. The molecule has 28 heavy (non-hydrogen) atoms. The third-order valence-corrected chi connectivity index (χ3v) is 6.29. The van der Waals surface area contributed by atoms with Crippen LogP contribution in [0.2, 0.25) is 5.02 Å². The Morgan fingerprint density at radius 2 is 2.04 bits per heavy atom. The monoisotopic (exact) mass is 529 g/mol. The molecule has 0 aromatic heterocycles. The minimum Gasteiger partial charge on any atom is -0.495 e. The number of ether oxygens (including phenoxy) is 1. The van der Waals surface area contributed by atoms with E-state index in [9.17, 15) is 9.59 Å². The van der Waals surface area contributed by atoms with Crippen molar-refractivity contribution in [3.05, 3.63) is 51.1 Å². The van der Waals surface area contributed by atoms with Gasteiger partial charge in [0.2, 0.25) is 11.8 Å². The number of anilines is 1. The van der Waals surface area contributed by atoms with Crippen molar-refractivity contribution in [2.45, 2.75) is 11.7 Å². The zero-order valence-corrected chi connectivity index (χ0v) is 18.8. The number of nitrogens with one attached hydrogen (secondary N) is 1. The molecule has 1 atom stereocenters. The van der Waals surface area contributed by atoms with Gasteiger partial charge in [0, 0.05) is 22.7 Å². The fourth-order valence-corrected chi connectivity index (χ4v) is 4.16. The molecule has 2 aromatic rings. The molecule has 0 saturated carbocycles. The van der Waals surface area contributed by atoms with Gasteiger partial charge in [0.15, 0.2) is 5.17 Å². The van der Waals surface area contributed by atoms with Gasteiger partial charge in [-0.15, -0.1) is 0 Å². The Balaban J connectivity index is 1.78. The van der Waals surface area contributed by atoms with Crippen molar-refractivity contribution in [2.75, 3.05) is 19.5 Å². The number of benzene rings is 2. The molecule has 0 bridgehead atoms. The van der Waals surface area contributed by atoms with Crippen molar-refractivity contribution in [3.8, 4) is 5.75 Å². The van der Waals surface area contributed by atoms with Crippen LogP contribution in [0.25, 0.3) is 0 Å². The zero-order chi connectivity index (χ0) is 20.3. The molecule has 9 heteroatoms. The summed E-state index contributed by atoms with van der Waals surface area (Å²) in [7, 11) is 3.18. The number of carbonyl (C=O) groups excluding carboxylic acids is 2. The lowest BCUT2D eigenvalue weighted by Crippen LogP contribution is -2.43. The van der Waals surface area contributed by atoms with Crippen molar-refractivity contribution in [2.24, 2.45) is 4.99 Å². The molecule has 1 unspecified atom stereocenters. The Bertz CT molecular complexity index is 937. The number of aliphatic imine (C=N–C) groups is 1. The van der Waals surface area contributed by atoms with Gasteiger partial charge in [-0.3, -0.25) is 14.5 Å². The second-order valence-corrected chi connectivity index (χ2v) is 8.80. The smallest absolute Gasteiger partial charge is 0.238 e. The van der Waals surface area contributed by atoms with Gasteiger partial charge in [-0.1, -0.05) is 23.4 Å². The Labute approximate surface area is 185 Å². The summed E-state index contributed by atoms with van der Waals surface area (Å²) in [6.45, 7) is 0. The topological polar surface area (TPSA) is 71.0 Å². The first kappa shape index (κ1) is 20.9. The fourth-order valence-electron chi connectivity index (χ4n) is 2.49. The lowest BCUT2D eigenvalue weighted by Gasteiger charge is -2.28. The van der Waals surface area contributed by atoms with Crippen LogP contribution in [-0.2, 0) is 9.59 Å². The standard InChI is InChI=1S/C19H17ClIN3O3S/c1-24-17(25)10-16(18(26)22-12-5-3-11(21)4-6-12)28-19(24)23-13-7-8-15(27-2)14(20)9-13/h3-9,16H,10H2,1-2H3,(H,22,26). The molecule has 0 aliphatic carbocycles. The highest BCUT2D eigenvalue weighted by molar-refractivity contribution is 14.1. The molecule has 6 nitrogen and oxygen atoms in total. The van der Waals surface area contributed by atoms with Crippen LogP contribution in [0, 0.1) is 3.57 Å². The molecule has 2 aromatic carbocycles. The zero-order valence-electron chi connectivity index (χ0n) is 15.1. The van der Waals surface area contributed by atoms with E-state index in [1.165, 1.54) is 23.8 Å². The van der Waals surface area contributed by atoms with Crippen molar-refractivity contribution in [1.82, 2.24) is 4.90 Å². The number of hydrogen-bond donors (Lipinski definition) is 1. The van der Waals surface area contributed by atoms with Gasteiger partial charge in [0.25, 0.3) is 0 Å². The maximum Gasteiger partial charge on any atom is 0.238 e. The molecule has 0 spiro atoms. The minimum absolute atomic E-state index is 0.111. The van der Waals surface area contributed by atoms with Crippen LogP contribution in [0.1, 0.15) is 6.42 Å². The lowest BCUT2D eigenvalue weighted by atomic mass is 10.2. The number of amidine groups is 1. The quantitative estimate of drug-likeness (QED) is 0.590. The number of nitrogens with zero attached hydrogens (tertiary/aromatic N) is 2. The van der Waals surface area contributed by atoms with E-state index in [0.29, 0.717) is 27.3 Å². The summed E-state index contributed by atoms with van der Waals surface area (Å²) in [6, 6.07) is 12.6. The van der Waals surface area contributed by atoms with Crippen molar-refractivity contribution < 1.29 is 14.3 Å². The third kappa shape index (κ3) is 4.98. The highest BCUT2D eigenvalue weighted by Crippen LogP contribution is 2.32. The summed E-state index contributed by atoms with van der Waals surface area (Å²) >= 11 is 9.60. The lowest BCUT2D eigenvalue weighted by molar-refractivity contribution is -0.128. The number of thioether (sulfide) groups is 1. The molecular weight excluding hydrogens is 513 g/mol. The highest BCUT2D eigenvalue weighted by Gasteiger charge is 2.34. The number of carbonyl (C=O) groups is 2. The average molecular weight is 530 g/mol. The summed E-state index contributed by atoms with van der Waals surface area (Å²) in [5.74, 6) is 0.147. The van der Waals surface area contributed by atoms with E-state index >= 15 is 0 Å². The molecule has 1 aliphatic heterocycles. The van der Waals surface area contributed by atoms with Crippen molar-refractivity contribution in [1.29, 1.82) is 0 Å². The van der Waals surface area contributed by atoms with Crippen LogP contribution in [0.15, 0.2) is 47.5 Å². The van der Waals surface area contributed by atoms with Crippen LogP contribution < -0.4 is 10.1 Å². The van der Waals surface area contributed by atoms with Gasteiger partial charge in [-0.2, -0.15) is 0 Å². The first-order chi connectivity index (χ1) is 13.4. The van der Waals surface area contributed by atoms with E-state index in [1.54, 1.807) is 25.2 Å². The van der Waals surface area contributed by atoms with Gasteiger partial charge >= 0.3 is 0 Å². The summed E-state index contributed by atoms with van der Waals surface area (Å²) in [5, 5.41) is 3.16. The minimum atomic E-state index is -0.560. The van der Waals surface area contributed by atoms with Crippen LogP contribution in [0.3, 0.4) is 0 Å². The van der Waals surface area contributed by atoms with E-state index in [0.717, 1.165) is 3.57 Å². The van der Waals surface area contributed by atoms with Gasteiger partial charge in [0.05, 0.1) is 17.8 Å². The van der Waals surface area contributed by atoms with E-state index in [4.69, 9.17) is 16.3 Å². The number of hydrogen-bond acceptors (Lipinski definition) is 5. The molecule has 1 N–H and O–H groups in total. The van der Waals surface area contributed by atoms with Crippen LogP contribution >= 0.6 is 46.0 Å². The van der Waals surface area contributed by atoms with Crippen LogP contribution in [0.5, 0.6) is 5.75 Å². The Kier molecular flexibility index (Phi) is 6.84. The van der Waals surface area contributed by atoms with Gasteiger partial charge in [-0.05, 0) is 65.1 Å². The average Bonchev–Trinajstić information content (AvgIpc) is 2.67. The van der Waals surface area contributed by atoms with Crippen LogP contribution in [0.4, 0.5) is 11.4 Å². The fraction of sp³-hybridized carbons (Fsp3) is 0.211. The number of methoxy groups -OCH3 is 1. The van der Waals surface area contributed by atoms with Gasteiger partial charge in [-0.25, -0.2) is 4.99 Å². The summed E-state index contributed by atoms with van der Waals surface area (Å²) in [4.78, 5) is 31.0. The Hall–Kier alpha value is -1.78. The summed E-state index contributed by atoms with van der Waals surface area (Å²) in [6.07, 6.45) is 0.111. The molecule has 0 radical (unpaired) electrons. The largest absolute Gasteiger partial charge is 0.495 e. The maximum absolute atomic E-state index is 12.6. The second-order valence-electron chi connectivity index (χ2n) is 5.97. The van der Waals surface area contributed by atoms with E-state index in [1.807, 2.05) is 24.3 Å². The highest BCUT2D eigenvalue weighted by atomic mass is 127. The molecule has 2 amide bonds. The van der Waals surface area contributed by atoms with Gasteiger partial charge < -0.3 is 10.1 Å². The molecule has 1 aliphatic rings.